The van der Waals surface area contributed by atoms with Gasteiger partial charge in [-0.15, -0.1) is 0 Å². The summed E-state index contributed by atoms with van der Waals surface area (Å²) in [7, 11) is 3.04. The number of aromatic nitrogens is 2. The first-order valence-corrected chi connectivity index (χ1v) is 20.3. The molecule has 1 aromatic heterocycles. The molecule has 4 amide bonds. The number of ether oxygens (including phenoxy) is 3. The summed E-state index contributed by atoms with van der Waals surface area (Å²) >= 11 is 0. The van der Waals surface area contributed by atoms with Crippen LogP contribution in [0.1, 0.15) is 50.2 Å². The van der Waals surface area contributed by atoms with Gasteiger partial charge in [0.05, 0.1) is 43.9 Å². The first-order valence-electron chi connectivity index (χ1n) is 20.3. The second kappa shape index (κ2) is 22.2. The molecule has 5 rings (SSSR count). The summed E-state index contributed by atoms with van der Waals surface area (Å²) in [5.74, 6) is -0.933. The third-order valence-corrected chi connectivity index (χ3v) is 10.2. The van der Waals surface area contributed by atoms with Gasteiger partial charge in [0.25, 0.3) is 0 Å². The number of fused-ring (bicyclic) bond motifs is 1. The van der Waals surface area contributed by atoms with Crippen LogP contribution >= 0.6 is 0 Å². The highest BCUT2D eigenvalue weighted by Gasteiger charge is 2.38. The molecule has 0 radical (unpaired) electrons. The average Bonchev–Trinajstić information content (AvgIpc) is 3.69. The summed E-state index contributed by atoms with van der Waals surface area (Å²) in [5, 5.41) is 26.9. The van der Waals surface area contributed by atoms with Crippen LogP contribution < -0.4 is 36.1 Å². The minimum Gasteiger partial charge on any atom is -0.493 e. The molecule has 0 bridgehead atoms. The maximum Gasteiger partial charge on any atom is 0.408 e. The Balaban J connectivity index is 1.39. The van der Waals surface area contributed by atoms with Crippen LogP contribution in [0.4, 0.5) is 4.79 Å². The molecule has 0 saturated carbocycles. The molecule has 7 N–H and O–H groups in total. The smallest absolute Gasteiger partial charge is 0.408 e. The van der Waals surface area contributed by atoms with E-state index in [9.17, 15) is 24.3 Å². The summed E-state index contributed by atoms with van der Waals surface area (Å²) in [5.41, 5.74) is 3.84. The van der Waals surface area contributed by atoms with Crippen LogP contribution in [0.15, 0.2) is 103 Å². The van der Waals surface area contributed by atoms with Gasteiger partial charge in [-0.3, -0.25) is 19.7 Å². The van der Waals surface area contributed by atoms with E-state index >= 15 is 0 Å². The number of para-hydroxylation sites is 2. The molecule has 0 aliphatic rings. The van der Waals surface area contributed by atoms with Crippen LogP contribution in [0.2, 0.25) is 0 Å². The van der Waals surface area contributed by atoms with Crippen molar-refractivity contribution in [3.8, 4) is 11.5 Å². The lowest BCUT2D eigenvalue weighted by molar-refractivity contribution is -0.134. The number of aromatic amines is 1. The van der Waals surface area contributed by atoms with Crippen molar-refractivity contribution in [3.05, 3.63) is 126 Å². The molecule has 0 aliphatic carbocycles. The topological polar surface area (TPSA) is 205 Å². The van der Waals surface area contributed by atoms with Crippen molar-refractivity contribution in [2.24, 2.45) is 11.8 Å². The monoisotopic (exact) mass is 835 g/mol. The molecule has 1 heterocycles. The van der Waals surface area contributed by atoms with Gasteiger partial charge in [0.2, 0.25) is 17.7 Å². The number of imidazole rings is 1. The van der Waals surface area contributed by atoms with Crippen LogP contribution in [-0.2, 0) is 45.2 Å². The minimum atomic E-state index is -1.56. The molecule has 61 heavy (non-hydrogen) atoms. The van der Waals surface area contributed by atoms with Gasteiger partial charge in [-0.25, -0.2) is 9.78 Å². The molecule has 324 valence electrons. The zero-order valence-corrected chi connectivity index (χ0v) is 35.4. The molecule has 0 unspecified atom stereocenters. The maximum absolute atomic E-state index is 14.5. The van der Waals surface area contributed by atoms with Crippen LogP contribution in [0.3, 0.4) is 0 Å². The van der Waals surface area contributed by atoms with Crippen molar-refractivity contribution in [2.75, 3.05) is 14.2 Å². The molecule has 0 saturated heterocycles. The normalized spacial score (nSPS) is 13.7. The Morgan fingerprint density at radius 1 is 0.656 bits per heavy atom. The molecule has 0 fully saturated rings. The highest BCUT2D eigenvalue weighted by Crippen LogP contribution is 2.27. The second-order valence-corrected chi connectivity index (χ2v) is 15.4. The van der Waals surface area contributed by atoms with Gasteiger partial charge in [-0.05, 0) is 59.2 Å². The Hall–Kier alpha value is -6.45. The number of benzene rings is 4. The highest BCUT2D eigenvalue weighted by atomic mass is 16.5. The fraction of sp³-hybridized carbons (Fsp3) is 0.370. The van der Waals surface area contributed by atoms with E-state index in [4.69, 9.17) is 14.2 Å². The van der Waals surface area contributed by atoms with E-state index in [2.05, 4.69) is 36.6 Å². The number of carbonyl (C=O) groups is 4. The number of amides is 4. The van der Waals surface area contributed by atoms with Crippen molar-refractivity contribution >= 4 is 34.8 Å². The highest BCUT2D eigenvalue weighted by molar-refractivity contribution is 5.91. The number of nitrogens with zero attached hydrogens (tertiary/aromatic N) is 1. The Morgan fingerprint density at radius 2 is 1.26 bits per heavy atom. The SMILES string of the molecule is COc1ccc(CN[C@@H](C(=O)N[C@H](C(=O)NCc2nc3ccccc3[nH]2)C(C)C)[C@H](O)[C@H](Cc2ccccc2)NC(=O)[C@@H](NC(=O)OCc2ccccc2)C(C)C)cc1OC. The van der Waals surface area contributed by atoms with Crippen molar-refractivity contribution in [1.29, 1.82) is 0 Å². The van der Waals surface area contributed by atoms with E-state index in [-0.39, 0.29) is 38.0 Å². The number of hydrogen-bond donors (Lipinski definition) is 7. The third kappa shape index (κ3) is 13.0. The van der Waals surface area contributed by atoms with E-state index in [0.29, 0.717) is 22.9 Å². The van der Waals surface area contributed by atoms with Crippen molar-refractivity contribution in [2.45, 2.75) is 84.1 Å². The van der Waals surface area contributed by atoms with Crippen LogP contribution in [0, 0.1) is 11.8 Å². The summed E-state index contributed by atoms with van der Waals surface area (Å²) in [6, 6.07) is 26.6. The molecule has 5 aromatic rings. The third-order valence-electron chi connectivity index (χ3n) is 10.2. The van der Waals surface area contributed by atoms with Gasteiger partial charge >= 0.3 is 6.09 Å². The summed E-state index contributed by atoms with van der Waals surface area (Å²) in [6.07, 6.45) is -2.23. The number of aliphatic hydroxyl groups is 1. The van der Waals surface area contributed by atoms with Gasteiger partial charge in [0.15, 0.2) is 11.5 Å². The van der Waals surface area contributed by atoms with E-state index < -0.39 is 54.1 Å². The van der Waals surface area contributed by atoms with Gasteiger partial charge in [-0.2, -0.15) is 0 Å². The lowest BCUT2D eigenvalue weighted by Crippen LogP contribution is -2.63. The molecule has 0 aliphatic heterocycles. The van der Waals surface area contributed by atoms with Crippen LogP contribution in [0.5, 0.6) is 11.5 Å². The number of hydrogen-bond acceptors (Lipinski definition) is 10. The number of aliphatic hydroxyl groups excluding tert-OH is 1. The number of H-pyrrole nitrogens is 1. The maximum atomic E-state index is 14.5. The first-order chi connectivity index (χ1) is 29.4. The number of carbonyl (C=O) groups excluding carboxylic acids is 4. The van der Waals surface area contributed by atoms with Gasteiger partial charge in [0.1, 0.15) is 30.6 Å². The fourth-order valence-electron chi connectivity index (χ4n) is 6.79. The Morgan fingerprint density at radius 3 is 1.90 bits per heavy atom. The predicted molar refractivity (Wildman–Crippen MR) is 231 cm³/mol. The molecular formula is C46H57N7O8. The zero-order valence-electron chi connectivity index (χ0n) is 35.4. The number of methoxy groups -OCH3 is 2. The van der Waals surface area contributed by atoms with E-state index in [1.165, 1.54) is 14.2 Å². The van der Waals surface area contributed by atoms with Gasteiger partial charge < -0.3 is 45.6 Å². The Labute approximate surface area is 356 Å². The first kappa shape index (κ1) is 45.6. The Kier molecular flexibility index (Phi) is 16.6. The molecular weight excluding hydrogens is 779 g/mol. The quantitative estimate of drug-likeness (QED) is 0.0550. The zero-order chi connectivity index (χ0) is 43.9. The van der Waals surface area contributed by atoms with E-state index in [0.717, 1.165) is 22.2 Å². The molecule has 4 aromatic carbocycles. The van der Waals surface area contributed by atoms with Crippen LogP contribution in [-0.4, -0.2) is 83.4 Å². The van der Waals surface area contributed by atoms with Crippen LogP contribution in [0.25, 0.3) is 11.0 Å². The van der Waals surface area contributed by atoms with Crippen molar-refractivity contribution < 1.29 is 38.5 Å². The molecule has 5 atom stereocenters. The standard InChI is InChI=1S/C46H57N7O8/c1-28(2)39(43(55)48-26-38-49-33-19-13-14-20-34(33)50-38)52-45(57)41(47-25-32-21-22-36(59-5)37(24-32)60-6)42(54)35(23-30-15-9-7-10-16-30)51-44(56)40(29(3)4)53-46(58)61-27-31-17-11-8-12-18-31/h7-22,24,28-29,35,39-42,47,54H,23,25-27H2,1-6H3,(H,48,55)(H,49,50)(H,51,56)(H,52,57)(H,53,58)/t35-,39-,40-,41+,42+/m0/s1. The molecule has 0 spiro atoms. The van der Waals surface area contributed by atoms with Crippen molar-refractivity contribution in [3.63, 3.8) is 0 Å². The lowest BCUT2D eigenvalue weighted by atomic mass is 9.93. The second-order valence-electron chi connectivity index (χ2n) is 15.4. The summed E-state index contributed by atoms with van der Waals surface area (Å²) < 4.78 is 16.3. The van der Waals surface area contributed by atoms with E-state index in [1.54, 1.807) is 45.9 Å². The molecule has 15 heteroatoms. The number of nitrogens with one attached hydrogen (secondary N) is 6. The Bertz CT molecular complexity index is 2170. The van der Waals surface area contributed by atoms with E-state index in [1.807, 2.05) is 84.9 Å². The number of rotatable bonds is 21. The molecule has 15 nitrogen and oxygen atoms in total. The predicted octanol–water partition coefficient (Wildman–Crippen LogP) is 4.53. The average molecular weight is 836 g/mol. The summed E-state index contributed by atoms with van der Waals surface area (Å²) in [4.78, 5) is 63.0. The lowest BCUT2D eigenvalue weighted by Gasteiger charge is -2.33. The van der Waals surface area contributed by atoms with Crippen molar-refractivity contribution in [1.82, 2.24) is 36.6 Å². The van der Waals surface area contributed by atoms with Gasteiger partial charge in [-0.1, -0.05) is 107 Å². The fourth-order valence-corrected chi connectivity index (χ4v) is 6.79. The largest absolute Gasteiger partial charge is 0.493 e. The van der Waals surface area contributed by atoms with Gasteiger partial charge in [0, 0.05) is 6.54 Å². The number of alkyl carbamates (subject to hydrolysis) is 1. The summed E-state index contributed by atoms with van der Waals surface area (Å²) in [6.45, 7) is 7.33. The minimum absolute atomic E-state index is 0.00623.